The van der Waals surface area contributed by atoms with Crippen LogP contribution in [0.5, 0.6) is 0 Å². The van der Waals surface area contributed by atoms with Gasteiger partial charge in [0.25, 0.3) is 0 Å². The van der Waals surface area contributed by atoms with Crippen LogP contribution in [0, 0.1) is 0 Å². The second-order valence-electron chi connectivity index (χ2n) is 4.65. The lowest BCUT2D eigenvalue weighted by Crippen LogP contribution is -2.34. The normalized spacial score (nSPS) is 20.8. The van der Waals surface area contributed by atoms with Gasteiger partial charge in [-0.1, -0.05) is 13.8 Å². The first-order valence-corrected chi connectivity index (χ1v) is 7.92. The molecule has 0 aromatic carbocycles. The molecule has 1 rings (SSSR count). The van der Waals surface area contributed by atoms with E-state index in [2.05, 4.69) is 0 Å². The van der Waals surface area contributed by atoms with E-state index >= 15 is 0 Å². The maximum atomic E-state index is 13.2. The van der Waals surface area contributed by atoms with Crippen LogP contribution in [0.2, 0.25) is 0 Å². The molecule has 0 radical (unpaired) electrons. The Morgan fingerprint density at radius 1 is 1.50 bits per heavy atom. The zero-order chi connectivity index (χ0) is 13.6. The number of ether oxygens (including phenoxy) is 3. The van der Waals surface area contributed by atoms with Crippen molar-refractivity contribution in [3.05, 3.63) is 0 Å². The smallest absolute Gasteiger partial charge is 0.220 e. The summed E-state index contributed by atoms with van der Waals surface area (Å²) < 4.78 is 32.4. The van der Waals surface area contributed by atoms with Crippen molar-refractivity contribution in [3.63, 3.8) is 0 Å². The third kappa shape index (κ3) is 3.76. The summed E-state index contributed by atoms with van der Waals surface area (Å²) >= 11 is 0. The van der Waals surface area contributed by atoms with Gasteiger partial charge in [-0.25, -0.2) is 9.34 Å². The fourth-order valence-electron chi connectivity index (χ4n) is 2.05. The van der Waals surface area contributed by atoms with Gasteiger partial charge in [-0.15, -0.1) is 0 Å². The first-order chi connectivity index (χ1) is 8.53. The number of methoxy groups -OCH3 is 1. The Hall–Kier alpha value is 0.0300. The molecule has 1 fully saturated rings. The van der Waals surface area contributed by atoms with E-state index in [1.54, 1.807) is 7.11 Å². The first kappa shape index (κ1) is 16.1. The van der Waals surface area contributed by atoms with E-state index in [1.807, 2.05) is 30.2 Å². The van der Waals surface area contributed by atoms with E-state index in [4.69, 9.17) is 14.2 Å². The standard InChI is InChI=1S/C11H25N2O4P/c1-11(2)18(14,13-6-8-16-9-13)12(3)5-7-17-10-15-4/h11H,5-10H2,1-4H3. The molecule has 0 aromatic heterocycles. The van der Waals surface area contributed by atoms with Crippen LogP contribution in [0.15, 0.2) is 0 Å². The van der Waals surface area contributed by atoms with Crippen molar-refractivity contribution in [1.82, 2.24) is 9.34 Å². The maximum absolute atomic E-state index is 13.2. The predicted octanol–water partition coefficient (Wildman–Crippen LogP) is 1.43. The zero-order valence-electron chi connectivity index (χ0n) is 11.8. The lowest BCUT2D eigenvalue weighted by atomic mass is 10.6. The molecule has 1 heterocycles. The molecular formula is C11H25N2O4P. The molecule has 0 aromatic rings. The van der Waals surface area contributed by atoms with Crippen molar-refractivity contribution < 1.29 is 18.8 Å². The van der Waals surface area contributed by atoms with Crippen molar-refractivity contribution >= 4 is 7.44 Å². The summed E-state index contributed by atoms with van der Waals surface area (Å²) in [5.74, 6) is 0. The zero-order valence-corrected chi connectivity index (χ0v) is 12.7. The molecule has 1 atom stereocenters. The minimum Gasteiger partial charge on any atom is -0.364 e. The summed E-state index contributed by atoms with van der Waals surface area (Å²) in [6.07, 6.45) is 0. The van der Waals surface area contributed by atoms with Gasteiger partial charge in [-0.05, 0) is 7.05 Å². The third-order valence-corrected chi connectivity index (χ3v) is 6.71. The van der Waals surface area contributed by atoms with Gasteiger partial charge < -0.3 is 14.2 Å². The number of hydrogen-bond donors (Lipinski definition) is 0. The second-order valence-corrected chi connectivity index (χ2v) is 8.11. The van der Waals surface area contributed by atoms with Crippen molar-refractivity contribution in [2.75, 3.05) is 54.0 Å². The van der Waals surface area contributed by atoms with Crippen LogP contribution in [-0.4, -0.2) is 69.0 Å². The highest BCUT2D eigenvalue weighted by atomic mass is 31.2. The highest BCUT2D eigenvalue weighted by Crippen LogP contribution is 2.56. The molecule has 0 spiro atoms. The Morgan fingerprint density at radius 2 is 2.22 bits per heavy atom. The molecule has 1 saturated heterocycles. The van der Waals surface area contributed by atoms with E-state index in [0.29, 0.717) is 26.5 Å². The molecule has 1 aliphatic rings. The van der Waals surface area contributed by atoms with Crippen LogP contribution in [-0.2, 0) is 18.8 Å². The van der Waals surface area contributed by atoms with Gasteiger partial charge >= 0.3 is 0 Å². The van der Waals surface area contributed by atoms with E-state index in [9.17, 15) is 4.57 Å². The Bertz CT molecular complexity index is 282. The first-order valence-electron chi connectivity index (χ1n) is 6.24. The molecule has 0 N–H and O–H groups in total. The molecule has 7 heteroatoms. The molecule has 0 aliphatic carbocycles. The van der Waals surface area contributed by atoms with Gasteiger partial charge in [0.1, 0.15) is 13.5 Å². The molecule has 1 aliphatic heterocycles. The molecule has 0 bridgehead atoms. The molecule has 6 nitrogen and oxygen atoms in total. The maximum Gasteiger partial charge on any atom is 0.220 e. The third-order valence-electron chi connectivity index (χ3n) is 3.06. The van der Waals surface area contributed by atoms with Crippen molar-refractivity contribution in [2.24, 2.45) is 0 Å². The average Bonchev–Trinajstić information content (AvgIpc) is 2.87. The fourth-order valence-corrected chi connectivity index (χ4v) is 4.91. The number of rotatable bonds is 8. The largest absolute Gasteiger partial charge is 0.364 e. The second kappa shape index (κ2) is 7.58. The Labute approximate surface area is 110 Å². The number of nitrogens with zero attached hydrogens (tertiary/aromatic N) is 2. The predicted molar refractivity (Wildman–Crippen MR) is 70.7 cm³/mol. The van der Waals surface area contributed by atoms with Crippen LogP contribution < -0.4 is 0 Å². The lowest BCUT2D eigenvalue weighted by Gasteiger charge is -2.37. The molecule has 1 unspecified atom stereocenters. The van der Waals surface area contributed by atoms with Gasteiger partial charge in [-0.3, -0.25) is 4.57 Å². The van der Waals surface area contributed by atoms with Gasteiger partial charge in [0, 0.05) is 25.9 Å². The highest BCUT2D eigenvalue weighted by molar-refractivity contribution is 7.59. The van der Waals surface area contributed by atoms with E-state index in [0.717, 1.165) is 6.54 Å². The number of likely N-dealkylation sites (N-methyl/N-ethyl adjacent to an activating group) is 1. The van der Waals surface area contributed by atoms with Crippen LogP contribution >= 0.6 is 7.44 Å². The van der Waals surface area contributed by atoms with E-state index in [1.165, 1.54) is 0 Å². The summed E-state index contributed by atoms with van der Waals surface area (Å²) in [6.45, 7) is 7.23. The summed E-state index contributed by atoms with van der Waals surface area (Å²) in [7, 11) is 0.914. The monoisotopic (exact) mass is 280 g/mol. The Morgan fingerprint density at radius 3 is 2.72 bits per heavy atom. The average molecular weight is 280 g/mol. The molecular weight excluding hydrogens is 255 g/mol. The molecule has 0 amide bonds. The minimum atomic E-state index is -2.56. The minimum absolute atomic E-state index is 0.0756. The summed E-state index contributed by atoms with van der Waals surface area (Å²) in [6, 6.07) is 0. The van der Waals surface area contributed by atoms with Crippen LogP contribution in [0.1, 0.15) is 13.8 Å². The summed E-state index contributed by atoms with van der Waals surface area (Å²) in [5.41, 5.74) is 0.0756. The SMILES string of the molecule is COCOCCN(C)P(=O)(C(C)C)N1CCOC1. The molecule has 0 saturated carbocycles. The van der Waals surface area contributed by atoms with Crippen molar-refractivity contribution in [1.29, 1.82) is 0 Å². The van der Waals surface area contributed by atoms with Gasteiger partial charge in [0.15, 0.2) is 0 Å². The van der Waals surface area contributed by atoms with E-state index < -0.39 is 7.44 Å². The summed E-state index contributed by atoms with van der Waals surface area (Å²) in [5, 5.41) is 0. The topological polar surface area (TPSA) is 51.2 Å². The van der Waals surface area contributed by atoms with E-state index in [-0.39, 0.29) is 12.5 Å². The Kier molecular flexibility index (Phi) is 6.77. The molecule has 108 valence electrons. The van der Waals surface area contributed by atoms with Crippen LogP contribution in [0.25, 0.3) is 0 Å². The van der Waals surface area contributed by atoms with Gasteiger partial charge in [0.2, 0.25) is 7.44 Å². The van der Waals surface area contributed by atoms with Gasteiger partial charge in [0.05, 0.1) is 13.2 Å². The lowest BCUT2D eigenvalue weighted by molar-refractivity contribution is -0.0321. The Balaban J connectivity index is 2.57. The summed E-state index contributed by atoms with van der Waals surface area (Å²) in [4.78, 5) is 0. The highest BCUT2D eigenvalue weighted by Gasteiger charge is 2.39. The van der Waals surface area contributed by atoms with Crippen LogP contribution in [0.3, 0.4) is 0 Å². The molecule has 18 heavy (non-hydrogen) atoms. The van der Waals surface area contributed by atoms with Gasteiger partial charge in [-0.2, -0.15) is 0 Å². The van der Waals surface area contributed by atoms with Crippen molar-refractivity contribution in [3.8, 4) is 0 Å². The number of hydrogen-bond acceptors (Lipinski definition) is 4. The van der Waals surface area contributed by atoms with Crippen LogP contribution in [0.4, 0.5) is 0 Å². The fraction of sp³-hybridized carbons (Fsp3) is 1.00. The quantitative estimate of drug-likeness (QED) is 0.381. The van der Waals surface area contributed by atoms with Crippen molar-refractivity contribution in [2.45, 2.75) is 19.5 Å².